The minimum atomic E-state index is 0.204. The standard InChI is InChI=1S/C13H11ClN6O/c14-10-3-12(17-7-16-10)21-6-11-18-13-15-4-9(8-1-2-8)5-20(13)19-11/h3-5,7-8H,1-2,6H2. The maximum Gasteiger partial charge on any atom is 0.252 e. The summed E-state index contributed by atoms with van der Waals surface area (Å²) in [6.45, 7) is 0.204. The van der Waals surface area contributed by atoms with Gasteiger partial charge in [0.2, 0.25) is 5.88 Å². The molecular weight excluding hydrogens is 292 g/mol. The van der Waals surface area contributed by atoms with E-state index in [1.807, 2.05) is 12.4 Å². The Balaban J connectivity index is 1.53. The Hall–Kier alpha value is -2.28. The van der Waals surface area contributed by atoms with Crippen molar-refractivity contribution in [3.05, 3.63) is 41.3 Å². The van der Waals surface area contributed by atoms with Crippen LogP contribution in [0.3, 0.4) is 0 Å². The molecule has 0 aliphatic heterocycles. The van der Waals surface area contributed by atoms with Crippen LogP contribution in [0.4, 0.5) is 0 Å². The van der Waals surface area contributed by atoms with Crippen molar-refractivity contribution in [3.63, 3.8) is 0 Å². The van der Waals surface area contributed by atoms with Crippen LogP contribution in [-0.4, -0.2) is 29.5 Å². The van der Waals surface area contributed by atoms with E-state index >= 15 is 0 Å². The van der Waals surface area contributed by atoms with E-state index < -0.39 is 0 Å². The van der Waals surface area contributed by atoms with Gasteiger partial charge in [0.15, 0.2) is 12.4 Å². The molecule has 1 aliphatic rings. The third-order valence-corrected chi connectivity index (χ3v) is 3.47. The van der Waals surface area contributed by atoms with E-state index in [1.54, 1.807) is 10.6 Å². The highest BCUT2D eigenvalue weighted by atomic mass is 35.5. The third kappa shape index (κ3) is 2.64. The van der Waals surface area contributed by atoms with E-state index in [0.717, 1.165) is 0 Å². The molecule has 0 N–H and O–H groups in total. The van der Waals surface area contributed by atoms with Crippen molar-refractivity contribution in [2.24, 2.45) is 0 Å². The van der Waals surface area contributed by atoms with Gasteiger partial charge in [-0.25, -0.2) is 19.5 Å². The van der Waals surface area contributed by atoms with Crippen LogP contribution in [-0.2, 0) is 6.61 Å². The first-order chi connectivity index (χ1) is 10.3. The molecule has 0 amide bonds. The molecule has 0 spiro atoms. The zero-order valence-electron chi connectivity index (χ0n) is 11.0. The number of aromatic nitrogens is 6. The molecule has 8 heteroatoms. The predicted octanol–water partition coefficient (Wildman–Crippen LogP) is 2.02. The summed E-state index contributed by atoms with van der Waals surface area (Å²) in [5, 5.41) is 4.69. The zero-order valence-corrected chi connectivity index (χ0v) is 11.7. The molecule has 1 fully saturated rings. The lowest BCUT2D eigenvalue weighted by Gasteiger charge is -2.01. The number of rotatable bonds is 4. The lowest BCUT2D eigenvalue weighted by Crippen LogP contribution is -2.00. The Labute approximate surface area is 125 Å². The van der Waals surface area contributed by atoms with Crippen LogP contribution in [0, 0.1) is 0 Å². The highest BCUT2D eigenvalue weighted by molar-refractivity contribution is 6.29. The Morgan fingerprint density at radius 2 is 2.19 bits per heavy atom. The summed E-state index contributed by atoms with van der Waals surface area (Å²) >= 11 is 5.77. The van der Waals surface area contributed by atoms with Gasteiger partial charge in [-0.3, -0.25) is 0 Å². The molecule has 0 saturated heterocycles. The average molecular weight is 303 g/mol. The summed E-state index contributed by atoms with van der Waals surface area (Å²) in [5.41, 5.74) is 1.21. The van der Waals surface area contributed by atoms with Gasteiger partial charge in [-0.2, -0.15) is 4.98 Å². The molecule has 4 rings (SSSR count). The fourth-order valence-corrected chi connectivity index (χ4v) is 2.20. The number of fused-ring (bicyclic) bond motifs is 1. The molecule has 1 saturated carbocycles. The summed E-state index contributed by atoms with van der Waals surface area (Å²) in [7, 11) is 0. The van der Waals surface area contributed by atoms with E-state index in [0.29, 0.717) is 28.6 Å². The normalized spacial score (nSPS) is 14.5. The summed E-state index contributed by atoms with van der Waals surface area (Å²) in [6.07, 6.45) is 7.66. The van der Waals surface area contributed by atoms with Gasteiger partial charge >= 0.3 is 0 Å². The van der Waals surface area contributed by atoms with E-state index in [9.17, 15) is 0 Å². The van der Waals surface area contributed by atoms with Gasteiger partial charge in [0.25, 0.3) is 5.78 Å². The van der Waals surface area contributed by atoms with Crippen LogP contribution >= 0.6 is 11.6 Å². The first kappa shape index (κ1) is 12.5. The van der Waals surface area contributed by atoms with Gasteiger partial charge in [0, 0.05) is 18.5 Å². The fourth-order valence-electron chi connectivity index (χ4n) is 2.06. The Bertz CT molecular complexity index is 800. The second-order valence-corrected chi connectivity index (χ2v) is 5.29. The van der Waals surface area contributed by atoms with Gasteiger partial charge in [-0.05, 0) is 24.3 Å². The molecule has 7 nitrogen and oxygen atoms in total. The number of nitrogens with zero attached hydrogens (tertiary/aromatic N) is 6. The van der Waals surface area contributed by atoms with Crippen LogP contribution in [0.15, 0.2) is 24.8 Å². The largest absolute Gasteiger partial charge is 0.469 e. The predicted molar refractivity (Wildman–Crippen MR) is 74.1 cm³/mol. The lowest BCUT2D eigenvalue weighted by molar-refractivity contribution is 0.284. The number of ether oxygens (including phenoxy) is 1. The van der Waals surface area contributed by atoms with Crippen molar-refractivity contribution in [1.82, 2.24) is 29.5 Å². The monoisotopic (exact) mass is 302 g/mol. The topological polar surface area (TPSA) is 78.1 Å². The molecule has 3 aromatic rings. The molecule has 0 aromatic carbocycles. The van der Waals surface area contributed by atoms with Crippen LogP contribution in [0.2, 0.25) is 5.15 Å². The first-order valence-corrected chi connectivity index (χ1v) is 6.97. The second-order valence-electron chi connectivity index (χ2n) is 4.90. The van der Waals surface area contributed by atoms with Crippen molar-refractivity contribution in [1.29, 1.82) is 0 Å². The fraction of sp³-hybridized carbons (Fsp3) is 0.308. The summed E-state index contributed by atoms with van der Waals surface area (Å²) in [5.74, 6) is 2.14. The minimum Gasteiger partial charge on any atom is -0.469 e. The number of halogens is 1. The minimum absolute atomic E-state index is 0.204. The molecule has 0 atom stereocenters. The highest BCUT2D eigenvalue weighted by Gasteiger charge is 2.24. The smallest absolute Gasteiger partial charge is 0.252 e. The van der Waals surface area contributed by atoms with Crippen LogP contribution in [0.25, 0.3) is 5.78 Å². The van der Waals surface area contributed by atoms with Crippen LogP contribution < -0.4 is 4.74 Å². The van der Waals surface area contributed by atoms with E-state index in [-0.39, 0.29) is 6.61 Å². The van der Waals surface area contributed by atoms with Gasteiger partial charge in [-0.15, -0.1) is 5.10 Å². The summed E-state index contributed by atoms with van der Waals surface area (Å²) in [4.78, 5) is 16.4. The van der Waals surface area contributed by atoms with Crippen molar-refractivity contribution in [2.45, 2.75) is 25.4 Å². The van der Waals surface area contributed by atoms with Crippen molar-refractivity contribution in [3.8, 4) is 5.88 Å². The average Bonchev–Trinajstić information content (AvgIpc) is 3.25. The number of hydrogen-bond donors (Lipinski definition) is 0. The zero-order chi connectivity index (χ0) is 14.2. The summed E-state index contributed by atoms with van der Waals surface area (Å²) in [6, 6.07) is 1.54. The molecule has 1 aliphatic carbocycles. The maximum absolute atomic E-state index is 5.77. The van der Waals surface area contributed by atoms with Crippen molar-refractivity contribution >= 4 is 17.4 Å². The molecular formula is C13H11ClN6O. The van der Waals surface area contributed by atoms with E-state index in [1.165, 1.54) is 24.7 Å². The Kier molecular flexibility index (Phi) is 2.92. The van der Waals surface area contributed by atoms with Gasteiger partial charge in [0.05, 0.1) is 0 Å². The molecule has 0 unspecified atom stereocenters. The second kappa shape index (κ2) is 4.92. The van der Waals surface area contributed by atoms with Gasteiger partial charge in [-0.1, -0.05) is 11.6 Å². The van der Waals surface area contributed by atoms with Crippen molar-refractivity contribution in [2.75, 3.05) is 0 Å². The molecule has 0 bridgehead atoms. The van der Waals surface area contributed by atoms with E-state index in [2.05, 4.69) is 25.0 Å². The van der Waals surface area contributed by atoms with Crippen molar-refractivity contribution < 1.29 is 4.74 Å². The number of hydrogen-bond acceptors (Lipinski definition) is 6. The molecule has 3 aromatic heterocycles. The Morgan fingerprint density at radius 1 is 1.29 bits per heavy atom. The van der Waals surface area contributed by atoms with E-state index in [4.69, 9.17) is 16.3 Å². The molecule has 21 heavy (non-hydrogen) atoms. The van der Waals surface area contributed by atoms with Gasteiger partial charge in [0.1, 0.15) is 11.5 Å². The first-order valence-electron chi connectivity index (χ1n) is 6.59. The molecule has 0 radical (unpaired) electrons. The SMILES string of the molecule is Clc1cc(OCc2nc3ncc(C4CC4)cn3n2)ncn1. The third-order valence-electron chi connectivity index (χ3n) is 3.26. The van der Waals surface area contributed by atoms with Crippen LogP contribution in [0.5, 0.6) is 5.88 Å². The molecule has 106 valence electrons. The highest BCUT2D eigenvalue weighted by Crippen LogP contribution is 2.39. The maximum atomic E-state index is 5.77. The quantitative estimate of drug-likeness (QED) is 0.686. The van der Waals surface area contributed by atoms with Crippen LogP contribution in [0.1, 0.15) is 30.1 Å². The summed E-state index contributed by atoms with van der Waals surface area (Å²) < 4.78 is 7.18. The Morgan fingerprint density at radius 3 is 3.00 bits per heavy atom. The molecule has 3 heterocycles. The van der Waals surface area contributed by atoms with Gasteiger partial charge < -0.3 is 4.74 Å². The lowest BCUT2D eigenvalue weighted by atomic mass is 10.2.